The highest BCUT2D eigenvalue weighted by Gasteiger charge is 2.26. The summed E-state index contributed by atoms with van der Waals surface area (Å²) < 4.78 is 1.89. The fourth-order valence-electron chi connectivity index (χ4n) is 3.69. The van der Waals surface area contributed by atoms with Crippen LogP contribution in [0.4, 0.5) is 5.82 Å². The maximum absolute atomic E-state index is 12.5. The number of carbonyl (C=O) groups excluding carboxylic acids is 1. The normalized spacial score (nSPS) is 18.5. The minimum atomic E-state index is -0.108. The number of hydrogen-bond acceptors (Lipinski definition) is 7. The molecule has 0 atom stereocenters. The first-order valence-electron chi connectivity index (χ1n) is 9.41. The fraction of sp³-hybridized carbons (Fsp3) is 0.529. The lowest BCUT2D eigenvalue weighted by molar-refractivity contribution is 0.0755. The highest BCUT2D eigenvalue weighted by molar-refractivity contribution is 5.90. The molecule has 4 heterocycles. The van der Waals surface area contributed by atoms with E-state index in [0.717, 1.165) is 49.6 Å². The molecule has 5 rings (SSSR count). The molecule has 0 bridgehead atoms. The van der Waals surface area contributed by atoms with Crippen LogP contribution in [0.1, 0.15) is 48.0 Å². The van der Waals surface area contributed by atoms with Gasteiger partial charge in [-0.3, -0.25) is 9.89 Å². The van der Waals surface area contributed by atoms with E-state index >= 15 is 0 Å². The monoisotopic (exact) mass is 367 g/mol. The van der Waals surface area contributed by atoms with E-state index in [9.17, 15) is 4.79 Å². The topological polar surface area (TPSA) is 108 Å². The van der Waals surface area contributed by atoms with Crippen LogP contribution in [0.25, 0.3) is 5.65 Å². The molecule has 27 heavy (non-hydrogen) atoms. The van der Waals surface area contributed by atoms with Gasteiger partial charge < -0.3 is 9.80 Å². The molecule has 1 saturated carbocycles. The number of carbonyl (C=O) groups is 1. The molecule has 0 radical (unpaired) electrons. The lowest BCUT2D eigenvalue weighted by Gasteiger charge is -2.24. The lowest BCUT2D eigenvalue weighted by atomic mass is 9.85. The standard InChI is InChI=1S/C17H21N9O/c27-17(15-18-11-19-21-15)25-8-2-7-24(9-10-25)14-6-5-13-20-22-16(26(13)23-14)12-3-1-4-12/h5-6,11-12H,1-4,7-10H2,(H,18,19,21). The summed E-state index contributed by atoms with van der Waals surface area (Å²) in [6.07, 6.45) is 5.80. The van der Waals surface area contributed by atoms with Gasteiger partial charge in [-0.1, -0.05) is 6.42 Å². The molecule has 3 aromatic heterocycles. The average Bonchev–Trinajstić information content (AvgIpc) is 3.25. The first-order valence-corrected chi connectivity index (χ1v) is 9.41. The minimum absolute atomic E-state index is 0.108. The number of H-pyrrole nitrogens is 1. The molecule has 1 N–H and O–H groups in total. The van der Waals surface area contributed by atoms with Crippen molar-refractivity contribution in [2.75, 3.05) is 31.1 Å². The second-order valence-electron chi connectivity index (χ2n) is 7.11. The Labute approximate surface area is 155 Å². The third-order valence-electron chi connectivity index (χ3n) is 5.47. The summed E-state index contributed by atoms with van der Waals surface area (Å²) in [5, 5.41) is 19.8. The van der Waals surface area contributed by atoms with Crippen LogP contribution in [-0.4, -0.2) is 72.0 Å². The molecule has 0 aromatic carbocycles. The zero-order valence-electron chi connectivity index (χ0n) is 15.0. The number of amides is 1. The molecule has 1 aliphatic carbocycles. The van der Waals surface area contributed by atoms with E-state index in [4.69, 9.17) is 5.10 Å². The Morgan fingerprint density at radius 3 is 2.78 bits per heavy atom. The Kier molecular flexibility index (Phi) is 3.95. The zero-order chi connectivity index (χ0) is 18.2. The van der Waals surface area contributed by atoms with Crippen LogP contribution in [0.3, 0.4) is 0 Å². The minimum Gasteiger partial charge on any atom is -0.353 e. The van der Waals surface area contributed by atoms with Crippen LogP contribution in [-0.2, 0) is 0 Å². The number of fused-ring (bicyclic) bond motifs is 1. The molecule has 1 amide bonds. The van der Waals surface area contributed by atoms with E-state index in [0.29, 0.717) is 19.0 Å². The zero-order valence-corrected chi connectivity index (χ0v) is 15.0. The maximum Gasteiger partial charge on any atom is 0.291 e. The van der Waals surface area contributed by atoms with Crippen molar-refractivity contribution in [3.8, 4) is 0 Å². The first-order chi connectivity index (χ1) is 13.3. The Balaban J connectivity index is 1.35. The van der Waals surface area contributed by atoms with Crippen molar-refractivity contribution >= 4 is 17.4 Å². The molecule has 0 unspecified atom stereocenters. The number of nitrogens with zero attached hydrogens (tertiary/aromatic N) is 8. The Morgan fingerprint density at radius 2 is 2.00 bits per heavy atom. The van der Waals surface area contributed by atoms with Gasteiger partial charge in [-0.25, -0.2) is 4.98 Å². The smallest absolute Gasteiger partial charge is 0.291 e. The Hall–Kier alpha value is -3.04. The van der Waals surface area contributed by atoms with Gasteiger partial charge in [-0.05, 0) is 31.4 Å². The van der Waals surface area contributed by atoms with Crippen molar-refractivity contribution < 1.29 is 4.79 Å². The van der Waals surface area contributed by atoms with Gasteiger partial charge in [0.1, 0.15) is 12.1 Å². The van der Waals surface area contributed by atoms with Crippen molar-refractivity contribution in [3.63, 3.8) is 0 Å². The van der Waals surface area contributed by atoms with Gasteiger partial charge >= 0.3 is 0 Å². The average molecular weight is 367 g/mol. The number of aromatic nitrogens is 7. The van der Waals surface area contributed by atoms with E-state index in [2.05, 4.69) is 30.3 Å². The molecule has 2 fully saturated rings. The number of aromatic amines is 1. The van der Waals surface area contributed by atoms with Crippen LogP contribution < -0.4 is 4.90 Å². The summed E-state index contributed by atoms with van der Waals surface area (Å²) in [4.78, 5) is 20.5. The molecule has 10 nitrogen and oxygen atoms in total. The van der Waals surface area contributed by atoms with Crippen LogP contribution in [0.2, 0.25) is 0 Å². The largest absolute Gasteiger partial charge is 0.353 e. The van der Waals surface area contributed by atoms with Gasteiger partial charge in [0.2, 0.25) is 5.82 Å². The molecule has 1 aliphatic heterocycles. The molecule has 3 aromatic rings. The second-order valence-corrected chi connectivity index (χ2v) is 7.11. The van der Waals surface area contributed by atoms with Crippen LogP contribution in [0, 0.1) is 0 Å². The van der Waals surface area contributed by atoms with Gasteiger partial charge in [0.05, 0.1) is 0 Å². The molecular weight excluding hydrogens is 346 g/mol. The van der Waals surface area contributed by atoms with Crippen molar-refractivity contribution in [1.82, 2.24) is 39.9 Å². The van der Waals surface area contributed by atoms with Crippen LogP contribution >= 0.6 is 0 Å². The van der Waals surface area contributed by atoms with Gasteiger partial charge in [0, 0.05) is 32.1 Å². The predicted octanol–water partition coefficient (Wildman–Crippen LogP) is 0.862. The van der Waals surface area contributed by atoms with Gasteiger partial charge in [-0.15, -0.1) is 15.3 Å². The highest BCUT2D eigenvalue weighted by Crippen LogP contribution is 2.35. The molecule has 10 heteroatoms. The molecule has 0 spiro atoms. The molecular formula is C17H21N9O. The summed E-state index contributed by atoms with van der Waals surface area (Å²) in [7, 11) is 0. The van der Waals surface area contributed by atoms with E-state index in [-0.39, 0.29) is 11.7 Å². The van der Waals surface area contributed by atoms with Crippen LogP contribution in [0.15, 0.2) is 18.5 Å². The second kappa shape index (κ2) is 6.60. The summed E-state index contributed by atoms with van der Waals surface area (Å²) in [6, 6.07) is 3.96. The number of hydrogen-bond donors (Lipinski definition) is 1. The lowest BCUT2D eigenvalue weighted by Crippen LogP contribution is -2.36. The molecule has 140 valence electrons. The van der Waals surface area contributed by atoms with Crippen molar-refractivity contribution in [2.45, 2.75) is 31.6 Å². The summed E-state index contributed by atoms with van der Waals surface area (Å²) in [5.41, 5.74) is 0.789. The fourth-order valence-corrected chi connectivity index (χ4v) is 3.69. The third kappa shape index (κ3) is 2.90. The highest BCUT2D eigenvalue weighted by atomic mass is 16.2. The summed E-state index contributed by atoms with van der Waals surface area (Å²) >= 11 is 0. The van der Waals surface area contributed by atoms with Gasteiger partial charge in [-0.2, -0.15) is 9.61 Å². The van der Waals surface area contributed by atoms with Gasteiger partial charge in [0.15, 0.2) is 11.5 Å². The number of rotatable bonds is 3. The van der Waals surface area contributed by atoms with E-state index in [1.54, 1.807) is 0 Å². The predicted molar refractivity (Wildman–Crippen MR) is 96.5 cm³/mol. The van der Waals surface area contributed by atoms with E-state index in [1.807, 2.05) is 21.5 Å². The van der Waals surface area contributed by atoms with Crippen molar-refractivity contribution in [2.24, 2.45) is 0 Å². The maximum atomic E-state index is 12.5. The Morgan fingerprint density at radius 1 is 1.07 bits per heavy atom. The number of anilines is 1. The summed E-state index contributed by atoms with van der Waals surface area (Å²) in [6.45, 7) is 2.88. The van der Waals surface area contributed by atoms with E-state index in [1.165, 1.54) is 12.7 Å². The molecule has 2 aliphatic rings. The van der Waals surface area contributed by atoms with Crippen LogP contribution in [0.5, 0.6) is 0 Å². The quantitative estimate of drug-likeness (QED) is 0.731. The summed E-state index contributed by atoms with van der Waals surface area (Å²) in [5.74, 6) is 2.52. The van der Waals surface area contributed by atoms with Crippen molar-refractivity contribution in [1.29, 1.82) is 0 Å². The third-order valence-corrected chi connectivity index (χ3v) is 5.47. The van der Waals surface area contributed by atoms with E-state index < -0.39 is 0 Å². The first kappa shape index (κ1) is 16.2. The number of nitrogens with one attached hydrogen (secondary N) is 1. The molecule has 1 saturated heterocycles. The SMILES string of the molecule is O=C(c1ncn[nH]1)N1CCCN(c2ccc3nnc(C4CCC4)n3n2)CC1. The van der Waals surface area contributed by atoms with Gasteiger partial charge in [0.25, 0.3) is 5.91 Å². The van der Waals surface area contributed by atoms with Crippen molar-refractivity contribution in [3.05, 3.63) is 30.1 Å². The Bertz CT molecular complexity index is 947.